The van der Waals surface area contributed by atoms with E-state index in [9.17, 15) is 9.59 Å². The molecule has 0 radical (unpaired) electrons. The van der Waals surface area contributed by atoms with Crippen LogP contribution in [0.25, 0.3) is 21.9 Å². The molecule has 0 fully saturated rings. The first kappa shape index (κ1) is 26.7. The maximum Gasteiger partial charge on any atom is 0.255 e. The number of nitrogens with one attached hydrogen (secondary N) is 2. The molecule has 0 aliphatic carbocycles. The van der Waals surface area contributed by atoms with E-state index in [-0.39, 0.29) is 11.8 Å². The SMILES string of the molecule is CNC(=O)c1c(C)oc2cc(Oc3ncnc4cc(OC)c(OCCCCCCC(=O)NO)cc34)ccc12. The van der Waals surface area contributed by atoms with Gasteiger partial charge in [-0.15, -0.1) is 0 Å². The van der Waals surface area contributed by atoms with Gasteiger partial charge in [-0.3, -0.25) is 14.8 Å². The molecule has 3 N–H and O–H groups in total. The zero-order valence-corrected chi connectivity index (χ0v) is 21.5. The summed E-state index contributed by atoms with van der Waals surface area (Å²) in [6.07, 6.45) is 4.91. The lowest BCUT2D eigenvalue weighted by atomic mass is 10.1. The Bertz CT molecular complexity index is 1450. The Balaban J connectivity index is 1.50. The summed E-state index contributed by atoms with van der Waals surface area (Å²) in [6, 6.07) is 8.80. The highest BCUT2D eigenvalue weighted by molar-refractivity contribution is 6.07. The third kappa shape index (κ3) is 5.94. The van der Waals surface area contributed by atoms with Crippen molar-refractivity contribution in [1.82, 2.24) is 20.8 Å². The quantitative estimate of drug-likeness (QED) is 0.137. The van der Waals surface area contributed by atoms with Crippen molar-refractivity contribution in [1.29, 1.82) is 0 Å². The van der Waals surface area contributed by atoms with Crippen LogP contribution < -0.4 is 25.0 Å². The third-order valence-electron chi connectivity index (χ3n) is 6.07. The van der Waals surface area contributed by atoms with Crippen molar-refractivity contribution < 1.29 is 33.4 Å². The molecular formula is C27H30N4O7. The van der Waals surface area contributed by atoms with Crippen LogP contribution in [0, 0.1) is 6.92 Å². The van der Waals surface area contributed by atoms with E-state index in [1.54, 1.807) is 56.9 Å². The summed E-state index contributed by atoms with van der Waals surface area (Å²) in [5.74, 6) is 1.82. The number of hydrogen-bond acceptors (Lipinski definition) is 9. The second-order valence-electron chi connectivity index (χ2n) is 8.62. The second-order valence-corrected chi connectivity index (χ2v) is 8.62. The number of amides is 2. The highest BCUT2D eigenvalue weighted by Gasteiger charge is 2.18. The van der Waals surface area contributed by atoms with Gasteiger partial charge in [-0.25, -0.2) is 15.4 Å². The van der Waals surface area contributed by atoms with Crippen LogP contribution in [-0.2, 0) is 4.79 Å². The molecule has 0 spiro atoms. The van der Waals surface area contributed by atoms with Crippen molar-refractivity contribution in [2.75, 3.05) is 20.8 Å². The Morgan fingerprint density at radius 1 is 1.03 bits per heavy atom. The highest BCUT2D eigenvalue weighted by Crippen LogP contribution is 2.37. The van der Waals surface area contributed by atoms with Gasteiger partial charge in [-0.2, -0.15) is 0 Å². The molecule has 0 atom stereocenters. The molecule has 0 saturated carbocycles. The minimum Gasteiger partial charge on any atom is -0.493 e. The van der Waals surface area contributed by atoms with E-state index < -0.39 is 0 Å². The van der Waals surface area contributed by atoms with E-state index in [1.165, 1.54) is 6.33 Å². The van der Waals surface area contributed by atoms with Crippen molar-refractivity contribution in [3.8, 4) is 23.1 Å². The van der Waals surface area contributed by atoms with Crippen LogP contribution in [0.5, 0.6) is 23.1 Å². The Kier molecular flexibility index (Phi) is 8.59. The van der Waals surface area contributed by atoms with Gasteiger partial charge in [0.25, 0.3) is 5.91 Å². The number of nitrogens with zero attached hydrogens (tertiary/aromatic N) is 2. The van der Waals surface area contributed by atoms with Crippen LogP contribution >= 0.6 is 0 Å². The normalized spacial score (nSPS) is 10.9. The number of benzene rings is 2. The van der Waals surface area contributed by atoms with Gasteiger partial charge in [0.2, 0.25) is 11.8 Å². The largest absolute Gasteiger partial charge is 0.493 e. The number of ether oxygens (including phenoxy) is 3. The fraction of sp³-hybridized carbons (Fsp3) is 0.333. The van der Waals surface area contributed by atoms with Crippen molar-refractivity contribution in [3.63, 3.8) is 0 Å². The van der Waals surface area contributed by atoms with E-state index in [0.29, 0.717) is 75.8 Å². The van der Waals surface area contributed by atoms with Crippen LogP contribution in [0.2, 0.25) is 0 Å². The number of furan rings is 1. The topological polar surface area (TPSA) is 145 Å². The van der Waals surface area contributed by atoms with Crippen molar-refractivity contribution in [2.24, 2.45) is 0 Å². The summed E-state index contributed by atoms with van der Waals surface area (Å²) in [4.78, 5) is 32.0. The smallest absolute Gasteiger partial charge is 0.255 e. The first-order chi connectivity index (χ1) is 18.4. The zero-order valence-electron chi connectivity index (χ0n) is 21.5. The molecular weight excluding hydrogens is 492 g/mol. The van der Waals surface area contributed by atoms with Crippen LogP contribution in [0.15, 0.2) is 41.1 Å². The summed E-state index contributed by atoms with van der Waals surface area (Å²) in [5, 5.41) is 12.5. The molecule has 4 rings (SSSR count). The Morgan fingerprint density at radius 3 is 2.61 bits per heavy atom. The number of methoxy groups -OCH3 is 1. The van der Waals surface area contributed by atoms with Gasteiger partial charge >= 0.3 is 0 Å². The van der Waals surface area contributed by atoms with Crippen molar-refractivity contribution >= 4 is 33.7 Å². The summed E-state index contributed by atoms with van der Waals surface area (Å²) in [7, 11) is 3.14. The predicted molar refractivity (Wildman–Crippen MR) is 139 cm³/mol. The van der Waals surface area contributed by atoms with E-state index in [1.807, 2.05) is 0 Å². The van der Waals surface area contributed by atoms with Gasteiger partial charge < -0.3 is 23.9 Å². The lowest BCUT2D eigenvalue weighted by Crippen LogP contribution is -2.18. The Labute approximate surface area is 219 Å². The molecule has 4 aromatic rings. The molecule has 2 amide bonds. The maximum absolute atomic E-state index is 12.2. The van der Waals surface area contributed by atoms with Gasteiger partial charge in [0.05, 0.1) is 30.2 Å². The average Bonchev–Trinajstić information content (AvgIpc) is 3.26. The molecule has 11 heteroatoms. The summed E-state index contributed by atoms with van der Waals surface area (Å²) in [5.41, 5.74) is 3.28. The first-order valence-corrected chi connectivity index (χ1v) is 12.3. The fourth-order valence-corrected chi connectivity index (χ4v) is 4.15. The minimum atomic E-state index is -0.379. The molecule has 0 bridgehead atoms. The van der Waals surface area contributed by atoms with E-state index in [0.717, 1.165) is 19.3 Å². The summed E-state index contributed by atoms with van der Waals surface area (Å²) in [6.45, 7) is 2.20. The van der Waals surface area contributed by atoms with Crippen molar-refractivity contribution in [2.45, 2.75) is 39.0 Å². The van der Waals surface area contributed by atoms with E-state index in [4.69, 9.17) is 23.8 Å². The standard InChI is InChI=1S/C27H30N4O7/c1-16-25(26(33)28-2)18-10-9-17(12-21(18)37-16)38-27-19-13-23(22(35-3)14-20(19)29-15-30-27)36-11-7-5-4-6-8-24(32)31-34/h9-10,12-15,34H,4-8,11H2,1-3H3,(H,28,33)(H,31,32). The molecule has 2 aromatic carbocycles. The van der Waals surface area contributed by atoms with Gasteiger partial charge in [0, 0.05) is 31.0 Å². The predicted octanol–water partition coefficient (Wildman–Crippen LogP) is 4.68. The number of hydrogen-bond donors (Lipinski definition) is 3. The van der Waals surface area contributed by atoms with Crippen LogP contribution in [0.4, 0.5) is 0 Å². The number of unbranched alkanes of at least 4 members (excludes halogenated alkanes) is 3. The zero-order chi connectivity index (χ0) is 27.1. The van der Waals surface area contributed by atoms with Gasteiger partial charge in [-0.05, 0) is 38.0 Å². The molecule has 0 saturated heterocycles. The molecule has 2 aromatic heterocycles. The molecule has 0 unspecified atom stereocenters. The molecule has 38 heavy (non-hydrogen) atoms. The minimum absolute atomic E-state index is 0.215. The lowest BCUT2D eigenvalue weighted by Gasteiger charge is -2.13. The highest BCUT2D eigenvalue weighted by atomic mass is 16.5. The number of aryl methyl sites for hydroxylation is 1. The third-order valence-corrected chi connectivity index (χ3v) is 6.07. The van der Waals surface area contributed by atoms with Crippen LogP contribution in [-0.4, -0.2) is 47.8 Å². The molecule has 0 aliphatic rings. The van der Waals surface area contributed by atoms with Gasteiger partial charge in [0.1, 0.15) is 23.4 Å². The number of aromatic nitrogens is 2. The van der Waals surface area contributed by atoms with Crippen molar-refractivity contribution in [3.05, 3.63) is 48.0 Å². The number of hydroxylamine groups is 1. The molecule has 11 nitrogen and oxygen atoms in total. The van der Waals surface area contributed by atoms with E-state index in [2.05, 4.69) is 15.3 Å². The van der Waals surface area contributed by atoms with Crippen LogP contribution in [0.1, 0.15) is 48.2 Å². The van der Waals surface area contributed by atoms with Crippen LogP contribution in [0.3, 0.4) is 0 Å². The average molecular weight is 523 g/mol. The molecule has 200 valence electrons. The monoisotopic (exact) mass is 522 g/mol. The van der Waals surface area contributed by atoms with Gasteiger partial charge in [-0.1, -0.05) is 12.8 Å². The Morgan fingerprint density at radius 2 is 1.84 bits per heavy atom. The molecule has 0 aliphatic heterocycles. The fourth-order valence-electron chi connectivity index (χ4n) is 4.15. The summed E-state index contributed by atoms with van der Waals surface area (Å²) >= 11 is 0. The second kappa shape index (κ2) is 12.2. The number of fused-ring (bicyclic) bond motifs is 2. The maximum atomic E-state index is 12.2. The number of carbonyl (C=O) groups is 2. The Hall–Kier alpha value is -4.38. The molecule has 2 heterocycles. The summed E-state index contributed by atoms with van der Waals surface area (Å²) < 4.78 is 23.4. The number of rotatable bonds is 12. The number of carbonyl (C=O) groups excluding carboxylic acids is 2. The first-order valence-electron chi connectivity index (χ1n) is 12.3. The lowest BCUT2D eigenvalue weighted by molar-refractivity contribution is -0.129. The van der Waals surface area contributed by atoms with Gasteiger partial charge in [0.15, 0.2) is 11.5 Å². The van der Waals surface area contributed by atoms with E-state index >= 15 is 0 Å².